The number of amides is 3. The molecule has 0 aliphatic carbocycles. The molecule has 1 atom stereocenters. The lowest BCUT2D eigenvalue weighted by Gasteiger charge is -2.19. The number of anilines is 2. The van der Waals surface area contributed by atoms with E-state index in [4.69, 9.17) is 9.47 Å². The molecule has 132 valence electrons. The minimum atomic E-state index is -0.444. The molecule has 0 saturated carbocycles. The van der Waals surface area contributed by atoms with Gasteiger partial charge < -0.3 is 24.2 Å². The molecule has 1 aliphatic rings. The van der Waals surface area contributed by atoms with Gasteiger partial charge in [0.25, 0.3) is 0 Å². The van der Waals surface area contributed by atoms with Crippen molar-refractivity contribution in [1.82, 2.24) is 10.5 Å². The van der Waals surface area contributed by atoms with Crippen LogP contribution in [0.5, 0.6) is 11.5 Å². The summed E-state index contributed by atoms with van der Waals surface area (Å²) in [6.45, 7) is 0.362. The van der Waals surface area contributed by atoms with Crippen molar-refractivity contribution in [3.8, 4) is 11.5 Å². The minimum absolute atomic E-state index is 0.0843. The topological polar surface area (TPSA) is 106 Å². The maximum atomic E-state index is 12.3. The second-order valence-corrected chi connectivity index (χ2v) is 5.43. The van der Waals surface area contributed by atoms with E-state index in [9.17, 15) is 9.59 Å². The summed E-state index contributed by atoms with van der Waals surface area (Å²) in [4.78, 5) is 25.8. The molecule has 2 heterocycles. The summed E-state index contributed by atoms with van der Waals surface area (Å²) in [7, 11) is 3.08. The van der Waals surface area contributed by atoms with E-state index in [0.29, 0.717) is 29.5 Å². The fourth-order valence-electron chi connectivity index (χ4n) is 2.66. The predicted octanol–water partition coefficient (Wildman–Crippen LogP) is 1.62. The third-order valence-corrected chi connectivity index (χ3v) is 3.82. The third-order valence-electron chi connectivity index (χ3n) is 3.82. The Hall–Kier alpha value is -3.23. The van der Waals surface area contributed by atoms with Gasteiger partial charge in [0.1, 0.15) is 6.26 Å². The van der Waals surface area contributed by atoms with Crippen molar-refractivity contribution in [1.29, 1.82) is 0 Å². The molecule has 1 aromatic carbocycles. The Morgan fingerprint density at radius 1 is 1.28 bits per heavy atom. The number of carbonyl (C=O) groups excluding carboxylic acids is 2. The molecule has 9 nitrogen and oxygen atoms in total. The average Bonchev–Trinajstić information content (AvgIpc) is 3.23. The number of nitrogens with one attached hydrogen (secondary N) is 2. The summed E-state index contributed by atoms with van der Waals surface area (Å²) in [6.07, 6.45) is 1.56. The Morgan fingerprint density at radius 2 is 2.08 bits per heavy atom. The maximum absolute atomic E-state index is 12.3. The molecule has 1 fully saturated rings. The predicted molar refractivity (Wildman–Crippen MR) is 89.0 cm³/mol. The van der Waals surface area contributed by atoms with E-state index >= 15 is 0 Å². The molecule has 1 saturated heterocycles. The molecule has 1 aliphatic heterocycles. The van der Waals surface area contributed by atoms with Crippen molar-refractivity contribution in [2.45, 2.75) is 12.5 Å². The number of nitrogens with zero attached hydrogens (tertiary/aromatic N) is 2. The molecule has 25 heavy (non-hydrogen) atoms. The van der Waals surface area contributed by atoms with Crippen molar-refractivity contribution in [2.24, 2.45) is 0 Å². The van der Waals surface area contributed by atoms with Crippen LogP contribution in [0.25, 0.3) is 0 Å². The molecule has 3 rings (SSSR count). The fraction of sp³-hybridized carbons (Fsp3) is 0.312. The minimum Gasteiger partial charge on any atom is -0.493 e. The monoisotopic (exact) mass is 346 g/mol. The molecular formula is C16H18N4O5. The fourth-order valence-corrected chi connectivity index (χ4v) is 2.66. The van der Waals surface area contributed by atoms with E-state index in [1.165, 1.54) is 19.4 Å². The molecule has 9 heteroatoms. The lowest BCUT2D eigenvalue weighted by atomic mass is 10.2. The number of hydrogen-bond donors (Lipinski definition) is 2. The Balaban J connectivity index is 1.65. The van der Waals surface area contributed by atoms with Crippen molar-refractivity contribution in [3.05, 3.63) is 30.5 Å². The van der Waals surface area contributed by atoms with E-state index < -0.39 is 6.03 Å². The zero-order chi connectivity index (χ0) is 17.8. The second-order valence-electron chi connectivity index (χ2n) is 5.43. The van der Waals surface area contributed by atoms with E-state index in [2.05, 4.69) is 20.3 Å². The first-order valence-corrected chi connectivity index (χ1v) is 7.61. The summed E-state index contributed by atoms with van der Waals surface area (Å²) in [5, 5.41) is 8.87. The summed E-state index contributed by atoms with van der Waals surface area (Å²) in [6, 6.07) is 6.01. The second kappa shape index (κ2) is 7.12. The van der Waals surface area contributed by atoms with Gasteiger partial charge in [0.05, 0.1) is 20.3 Å². The standard InChI is InChI=1S/C16H18N4O5/c1-23-12-4-3-11(8-13(12)24-2)20-9-10(7-15(20)21)17-16(22)18-14-5-6-25-19-14/h3-6,8,10H,7,9H2,1-2H3,(H2,17,18,19,22)/t10-/m0/s1. The zero-order valence-electron chi connectivity index (χ0n) is 13.8. The SMILES string of the molecule is COc1ccc(N2C[C@@H](NC(=O)Nc3ccon3)CC2=O)cc1OC. The Bertz CT molecular complexity index is 762. The number of ether oxygens (including phenoxy) is 2. The van der Waals surface area contributed by atoms with Crippen LogP contribution in [0.1, 0.15) is 6.42 Å². The van der Waals surface area contributed by atoms with Gasteiger partial charge in [-0.25, -0.2) is 4.79 Å². The molecule has 3 amide bonds. The number of methoxy groups -OCH3 is 2. The normalized spacial score (nSPS) is 16.6. The average molecular weight is 346 g/mol. The Labute approximate surface area is 143 Å². The Kier molecular flexibility index (Phi) is 4.73. The van der Waals surface area contributed by atoms with Crippen LogP contribution in [0.15, 0.2) is 35.1 Å². The lowest BCUT2D eigenvalue weighted by Crippen LogP contribution is -2.39. The smallest absolute Gasteiger partial charge is 0.320 e. The van der Waals surface area contributed by atoms with Gasteiger partial charge in [-0.2, -0.15) is 0 Å². The lowest BCUT2D eigenvalue weighted by molar-refractivity contribution is -0.117. The first-order valence-electron chi connectivity index (χ1n) is 7.61. The van der Waals surface area contributed by atoms with Gasteiger partial charge in [-0.05, 0) is 12.1 Å². The zero-order valence-corrected chi connectivity index (χ0v) is 13.8. The Morgan fingerprint density at radius 3 is 2.76 bits per heavy atom. The van der Waals surface area contributed by atoms with Gasteiger partial charge in [0.15, 0.2) is 17.3 Å². The number of aromatic nitrogens is 1. The van der Waals surface area contributed by atoms with Gasteiger partial charge in [-0.1, -0.05) is 5.16 Å². The van der Waals surface area contributed by atoms with Crippen LogP contribution >= 0.6 is 0 Å². The number of carbonyl (C=O) groups is 2. The van der Waals surface area contributed by atoms with Crippen LogP contribution < -0.4 is 25.0 Å². The summed E-state index contributed by atoms with van der Waals surface area (Å²) in [5.41, 5.74) is 0.684. The van der Waals surface area contributed by atoms with E-state index in [1.807, 2.05) is 0 Å². The van der Waals surface area contributed by atoms with Crippen molar-refractivity contribution in [2.75, 3.05) is 31.0 Å². The summed E-state index contributed by atoms with van der Waals surface area (Å²) < 4.78 is 15.1. The van der Waals surface area contributed by atoms with Crippen LogP contribution in [0.2, 0.25) is 0 Å². The van der Waals surface area contributed by atoms with Gasteiger partial charge in [-0.15, -0.1) is 0 Å². The third kappa shape index (κ3) is 3.65. The summed E-state index contributed by atoms with van der Waals surface area (Å²) in [5.74, 6) is 1.34. The molecule has 2 aromatic rings. The van der Waals surface area contributed by atoms with Crippen LogP contribution in [0.4, 0.5) is 16.3 Å². The molecule has 0 spiro atoms. The van der Waals surface area contributed by atoms with Crippen LogP contribution in [-0.2, 0) is 4.79 Å². The van der Waals surface area contributed by atoms with E-state index in [1.54, 1.807) is 30.2 Å². The molecular weight excluding hydrogens is 328 g/mol. The van der Waals surface area contributed by atoms with E-state index in [0.717, 1.165) is 0 Å². The number of rotatable bonds is 5. The molecule has 0 radical (unpaired) electrons. The molecule has 2 N–H and O–H groups in total. The van der Waals surface area contributed by atoms with Crippen LogP contribution in [0.3, 0.4) is 0 Å². The van der Waals surface area contributed by atoms with Gasteiger partial charge >= 0.3 is 6.03 Å². The van der Waals surface area contributed by atoms with Gasteiger partial charge in [0, 0.05) is 30.8 Å². The van der Waals surface area contributed by atoms with Gasteiger partial charge in [0.2, 0.25) is 5.91 Å². The first kappa shape index (κ1) is 16.6. The number of benzene rings is 1. The highest BCUT2D eigenvalue weighted by Crippen LogP contribution is 2.33. The summed E-state index contributed by atoms with van der Waals surface area (Å²) >= 11 is 0. The van der Waals surface area contributed by atoms with Crippen molar-refractivity contribution >= 4 is 23.4 Å². The van der Waals surface area contributed by atoms with E-state index in [-0.39, 0.29) is 18.4 Å². The highest BCUT2D eigenvalue weighted by molar-refractivity contribution is 5.97. The molecule has 0 bridgehead atoms. The highest BCUT2D eigenvalue weighted by atomic mass is 16.5. The largest absolute Gasteiger partial charge is 0.493 e. The molecule has 0 unspecified atom stereocenters. The van der Waals surface area contributed by atoms with Crippen molar-refractivity contribution in [3.63, 3.8) is 0 Å². The van der Waals surface area contributed by atoms with Crippen LogP contribution in [0, 0.1) is 0 Å². The number of hydrogen-bond acceptors (Lipinski definition) is 6. The van der Waals surface area contributed by atoms with Crippen LogP contribution in [-0.4, -0.2) is 43.9 Å². The molecule has 1 aromatic heterocycles. The first-order chi connectivity index (χ1) is 12.1. The maximum Gasteiger partial charge on any atom is 0.320 e. The highest BCUT2D eigenvalue weighted by Gasteiger charge is 2.32. The quantitative estimate of drug-likeness (QED) is 0.852. The van der Waals surface area contributed by atoms with Crippen molar-refractivity contribution < 1.29 is 23.6 Å². The van der Waals surface area contributed by atoms with Gasteiger partial charge in [-0.3, -0.25) is 10.1 Å². The number of urea groups is 1.